The van der Waals surface area contributed by atoms with E-state index in [0.29, 0.717) is 12.8 Å². The Morgan fingerprint density at radius 3 is 1.33 bits per heavy atom. The molecule has 0 saturated carbocycles. The number of esters is 2. The molecule has 0 rings (SSSR count). The molecule has 0 aromatic rings. The van der Waals surface area contributed by atoms with E-state index in [0.717, 1.165) is 64.2 Å². The number of ether oxygens (including phenoxy) is 2. The summed E-state index contributed by atoms with van der Waals surface area (Å²) in [6.45, 7) is 4.01. The largest absolute Gasteiger partial charge is 0.462 e. The number of allylic oxidation sites excluding steroid dienone is 8. The first-order chi connectivity index (χ1) is 24.1. The van der Waals surface area contributed by atoms with E-state index in [9.17, 15) is 14.7 Å². The second kappa shape index (κ2) is 40.3. The molecule has 5 nitrogen and oxygen atoms in total. The van der Waals surface area contributed by atoms with Crippen molar-refractivity contribution in [2.24, 2.45) is 0 Å². The second-order valence-corrected chi connectivity index (χ2v) is 13.7. The number of aliphatic hydroxyl groups excluding tert-OH is 1. The van der Waals surface area contributed by atoms with Gasteiger partial charge in [0.05, 0.1) is 6.61 Å². The van der Waals surface area contributed by atoms with Gasteiger partial charge in [0.1, 0.15) is 6.61 Å². The summed E-state index contributed by atoms with van der Waals surface area (Å²) in [5.41, 5.74) is 0. The number of hydrogen-bond donors (Lipinski definition) is 1. The molecule has 1 N–H and O–H groups in total. The summed E-state index contributed by atoms with van der Waals surface area (Å²) in [4.78, 5) is 24.2. The Morgan fingerprint density at radius 2 is 0.878 bits per heavy atom. The van der Waals surface area contributed by atoms with Crippen molar-refractivity contribution in [3.05, 3.63) is 48.6 Å². The molecule has 0 radical (unpaired) electrons. The van der Waals surface area contributed by atoms with Crippen LogP contribution in [0.1, 0.15) is 200 Å². The first-order valence-electron chi connectivity index (χ1n) is 20.7. The summed E-state index contributed by atoms with van der Waals surface area (Å²) < 4.78 is 10.6. The smallest absolute Gasteiger partial charge is 0.306 e. The Morgan fingerprint density at radius 1 is 0.490 bits per heavy atom. The first-order valence-corrected chi connectivity index (χ1v) is 20.7. The number of carbonyl (C=O) groups excluding carboxylic acids is 2. The highest BCUT2D eigenvalue weighted by molar-refractivity contribution is 5.70. The van der Waals surface area contributed by atoms with Crippen LogP contribution in [0.5, 0.6) is 0 Å². The fourth-order valence-electron chi connectivity index (χ4n) is 5.78. The van der Waals surface area contributed by atoms with E-state index in [1.807, 2.05) is 0 Å². The third-order valence-corrected chi connectivity index (χ3v) is 8.89. The van der Waals surface area contributed by atoms with Gasteiger partial charge in [-0.25, -0.2) is 0 Å². The highest BCUT2D eigenvalue weighted by Crippen LogP contribution is 2.14. The van der Waals surface area contributed by atoms with Crippen molar-refractivity contribution in [3.8, 4) is 0 Å². The summed E-state index contributed by atoms with van der Waals surface area (Å²) in [5, 5.41) is 9.54. The van der Waals surface area contributed by atoms with E-state index in [4.69, 9.17) is 9.47 Å². The lowest BCUT2D eigenvalue weighted by molar-refractivity contribution is -0.161. The minimum absolute atomic E-state index is 0.0646. The van der Waals surface area contributed by atoms with E-state index in [1.54, 1.807) is 0 Å². The molecule has 0 heterocycles. The summed E-state index contributed by atoms with van der Waals surface area (Å²) >= 11 is 0. The molecule has 5 heteroatoms. The van der Waals surface area contributed by atoms with Gasteiger partial charge in [-0.3, -0.25) is 9.59 Å². The third-order valence-electron chi connectivity index (χ3n) is 8.89. The molecule has 0 amide bonds. The van der Waals surface area contributed by atoms with Gasteiger partial charge in [-0.05, 0) is 51.4 Å². The van der Waals surface area contributed by atoms with Crippen molar-refractivity contribution in [1.29, 1.82) is 0 Å². The quantitative estimate of drug-likeness (QED) is 0.0400. The normalized spacial score (nSPS) is 12.6. The van der Waals surface area contributed by atoms with E-state index in [1.165, 1.54) is 109 Å². The van der Waals surface area contributed by atoms with Crippen molar-refractivity contribution in [3.63, 3.8) is 0 Å². The lowest BCUT2D eigenvalue weighted by Crippen LogP contribution is -2.28. The predicted molar refractivity (Wildman–Crippen MR) is 210 cm³/mol. The average molecular weight is 687 g/mol. The zero-order valence-electron chi connectivity index (χ0n) is 32.2. The molecule has 1 atom stereocenters. The highest BCUT2D eigenvalue weighted by Gasteiger charge is 2.16. The van der Waals surface area contributed by atoms with Crippen LogP contribution in [-0.4, -0.2) is 36.4 Å². The molecule has 0 aliphatic rings. The van der Waals surface area contributed by atoms with Crippen molar-refractivity contribution >= 4 is 11.9 Å². The summed E-state index contributed by atoms with van der Waals surface area (Å²) in [5.74, 6) is -0.592. The number of unbranched alkanes of at least 4 members (excludes halogenated alkanes) is 21. The zero-order chi connectivity index (χ0) is 35.7. The van der Waals surface area contributed by atoms with Gasteiger partial charge < -0.3 is 14.6 Å². The highest BCUT2D eigenvalue weighted by atomic mass is 16.6. The van der Waals surface area contributed by atoms with Crippen LogP contribution in [0.3, 0.4) is 0 Å². The molecular formula is C44H78O5. The molecule has 0 saturated heterocycles. The van der Waals surface area contributed by atoms with Gasteiger partial charge in [0, 0.05) is 12.8 Å². The van der Waals surface area contributed by atoms with Gasteiger partial charge in [0.25, 0.3) is 0 Å². The van der Waals surface area contributed by atoms with Crippen LogP contribution in [0.2, 0.25) is 0 Å². The summed E-state index contributed by atoms with van der Waals surface area (Å²) in [6, 6.07) is 0. The monoisotopic (exact) mass is 687 g/mol. The molecule has 0 aromatic carbocycles. The minimum Gasteiger partial charge on any atom is -0.462 e. The van der Waals surface area contributed by atoms with Gasteiger partial charge >= 0.3 is 11.9 Å². The van der Waals surface area contributed by atoms with Crippen LogP contribution in [0.25, 0.3) is 0 Å². The number of rotatable bonds is 37. The van der Waals surface area contributed by atoms with Gasteiger partial charge in [-0.15, -0.1) is 0 Å². The Labute approximate surface area is 303 Å². The molecule has 0 aromatic heterocycles. The Bertz CT molecular complexity index is 827. The van der Waals surface area contributed by atoms with Crippen LogP contribution < -0.4 is 0 Å². The van der Waals surface area contributed by atoms with E-state index >= 15 is 0 Å². The SMILES string of the molecule is CC/C=C\C/C=C\C/C=C\C/C=C\CCCCCCCCCCCCCCC(=O)OC(CO)COC(=O)CCCCCCCCCCCC. The summed E-state index contributed by atoms with van der Waals surface area (Å²) in [6.07, 6.45) is 50.4. The van der Waals surface area contributed by atoms with Crippen molar-refractivity contribution in [1.82, 2.24) is 0 Å². The lowest BCUT2D eigenvalue weighted by Gasteiger charge is -2.15. The molecule has 0 bridgehead atoms. The van der Waals surface area contributed by atoms with Gasteiger partial charge in [0.15, 0.2) is 6.10 Å². The number of hydrogen-bond acceptors (Lipinski definition) is 5. The Kier molecular flexibility index (Phi) is 38.5. The van der Waals surface area contributed by atoms with Gasteiger partial charge in [0.2, 0.25) is 0 Å². The minimum atomic E-state index is -0.769. The van der Waals surface area contributed by atoms with Crippen LogP contribution in [0.4, 0.5) is 0 Å². The van der Waals surface area contributed by atoms with Crippen LogP contribution >= 0.6 is 0 Å². The maximum absolute atomic E-state index is 12.2. The maximum atomic E-state index is 12.2. The number of carbonyl (C=O) groups is 2. The molecule has 0 aliphatic heterocycles. The third kappa shape index (κ3) is 38.5. The standard InChI is InChI=1S/C44H78O5/c1-3-5-7-9-11-13-15-16-17-18-19-20-21-22-23-24-25-26-27-28-29-31-33-35-37-39-44(47)49-42(40-45)41-48-43(46)38-36-34-32-30-14-12-10-8-6-4-2/h5,7,11,13,16-17,19-20,42,45H,3-4,6,8-10,12,14-15,18,21-41H2,1-2H3/b7-5-,13-11-,17-16-,20-19-. The molecule has 0 spiro atoms. The van der Waals surface area contributed by atoms with Crippen LogP contribution in [0.15, 0.2) is 48.6 Å². The lowest BCUT2D eigenvalue weighted by atomic mass is 10.0. The van der Waals surface area contributed by atoms with Crippen molar-refractivity contribution in [2.75, 3.05) is 13.2 Å². The summed E-state index contributed by atoms with van der Waals surface area (Å²) in [7, 11) is 0. The first kappa shape index (κ1) is 46.9. The molecule has 49 heavy (non-hydrogen) atoms. The molecule has 284 valence electrons. The fourth-order valence-corrected chi connectivity index (χ4v) is 5.78. The fraction of sp³-hybridized carbons (Fsp3) is 0.773. The molecule has 0 fully saturated rings. The molecular weight excluding hydrogens is 608 g/mol. The average Bonchev–Trinajstić information content (AvgIpc) is 3.10. The van der Waals surface area contributed by atoms with E-state index in [-0.39, 0.29) is 25.2 Å². The Hall–Kier alpha value is -2.14. The Balaban J connectivity index is 3.50. The zero-order valence-corrected chi connectivity index (χ0v) is 32.2. The topological polar surface area (TPSA) is 72.8 Å². The van der Waals surface area contributed by atoms with Gasteiger partial charge in [-0.2, -0.15) is 0 Å². The predicted octanol–water partition coefficient (Wildman–Crippen LogP) is 13.0. The van der Waals surface area contributed by atoms with E-state index in [2.05, 4.69) is 62.5 Å². The molecule has 1 unspecified atom stereocenters. The van der Waals surface area contributed by atoms with Crippen molar-refractivity contribution < 1.29 is 24.2 Å². The van der Waals surface area contributed by atoms with Gasteiger partial charge in [-0.1, -0.05) is 184 Å². The second-order valence-electron chi connectivity index (χ2n) is 13.7. The van der Waals surface area contributed by atoms with Crippen LogP contribution in [0, 0.1) is 0 Å². The molecule has 0 aliphatic carbocycles. The maximum Gasteiger partial charge on any atom is 0.306 e. The van der Waals surface area contributed by atoms with Crippen molar-refractivity contribution in [2.45, 2.75) is 206 Å². The number of aliphatic hydroxyl groups is 1. The van der Waals surface area contributed by atoms with E-state index < -0.39 is 6.10 Å². The van der Waals surface area contributed by atoms with Crippen LogP contribution in [-0.2, 0) is 19.1 Å².